The molecule has 0 atom stereocenters. The van der Waals surface area contributed by atoms with Gasteiger partial charge in [-0.15, -0.1) is 0 Å². The highest BCUT2D eigenvalue weighted by Crippen LogP contribution is 2.43. The van der Waals surface area contributed by atoms with Crippen LogP contribution in [0, 0.1) is 6.92 Å². The Morgan fingerprint density at radius 2 is 1.86 bits per heavy atom. The highest BCUT2D eigenvalue weighted by molar-refractivity contribution is 8.00. The third kappa shape index (κ3) is 3.12. The molecular formula is C16H26N4S. The molecule has 0 aromatic carbocycles. The molecule has 0 radical (unpaired) electrons. The van der Waals surface area contributed by atoms with Crippen molar-refractivity contribution in [2.45, 2.75) is 56.6 Å². The van der Waals surface area contributed by atoms with Gasteiger partial charge in [-0.2, -0.15) is 11.8 Å². The van der Waals surface area contributed by atoms with E-state index in [1.54, 1.807) is 0 Å². The first-order valence-electron chi connectivity index (χ1n) is 8.09. The molecule has 21 heavy (non-hydrogen) atoms. The summed E-state index contributed by atoms with van der Waals surface area (Å²) in [6.45, 7) is 6.14. The van der Waals surface area contributed by atoms with E-state index in [0.29, 0.717) is 10.7 Å². The highest BCUT2D eigenvalue weighted by Gasteiger charge is 2.36. The summed E-state index contributed by atoms with van der Waals surface area (Å²) in [6, 6.07) is 0. The van der Waals surface area contributed by atoms with Crippen molar-refractivity contribution in [1.82, 2.24) is 9.97 Å². The summed E-state index contributed by atoms with van der Waals surface area (Å²) in [4.78, 5) is 9.52. The molecule has 2 saturated carbocycles. The Morgan fingerprint density at radius 1 is 1.19 bits per heavy atom. The van der Waals surface area contributed by atoms with Crippen molar-refractivity contribution in [3.8, 4) is 0 Å². The first-order chi connectivity index (χ1) is 10.2. The minimum absolute atomic E-state index is 0.426. The lowest BCUT2D eigenvalue weighted by Gasteiger charge is -2.40. The fourth-order valence-electron chi connectivity index (χ4n) is 2.84. The summed E-state index contributed by atoms with van der Waals surface area (Å²) < 4.78 is 0.426. The Morgan fingerprint density at radius 3 is 2.33 bits per heavy atom. The summed E-state index contributed by atoms with van der Waals surface area (Å²) in [5.74, 6) is 3.64. The molecule has 0 unspecified atom stereocenters. The zero-order valence-corrected chi connectivity index (χ0v) is 14.1. The van der Waals surface area contributed by atoms with Crippen LogP contribution in [0.4, 0.5) is 11.6 Å². The van der Waals surface area contributed by atoms with E-state index in [9.17, 15) is 0 Å². The van der Waals surface area contributed by atoms with Crippen LogP contribution in [0.15, 0.2) is 0 Å². The fourth-order valence-corrected chi connectivity index (χ4v) is 3.75. The van der Waals surface area contributed by atoms with E-state index in [1.165, 1.54) is 32.1 Å². The van der Waals surface area contributed by atoms with Crippen molar-refractivity contribution in [1.29, 1.82) is 0 Å². The lowest BCUT2D eigenvalue weighted by atomic mass is 9.84. The van der Waals surface area contributed by atoms with Gasteiger partial charge in [-0.25, -0.2) is 9.97 Å². The summed E-state index contributed by atoms with van der Waals surface area (Å²) in [7, 11) is 0. The summed E-state index contributed by atoms with van der Waals surface area (Å²) in [6.07, 6.45) is 8.71. The topological polar surface area (TPSA) is 49.8 Å². The van der Waals surface area contributed by atoms with Gasteiger partial charge in [0.1, 0.15) is 17.5 Å². The van der Waals surface area contributed by atoms with Crippen molar-refractivity contribution < 1.29 is 0 Å². The van der Waals surface area contributed by atoms with Gasteiger partial charge in [0.2, 0.25) is 0 Å². The number of nitrogens with zero attached hydrogens (tertiary/aromatic N) is 2. The van der Waals surface area contributed by atoms with Gasteiger partial charge in [0.25, 0.3) is 0 Å². The molecule has 116 valence electrons. The van der Waals surface area contributed by atoms with E-state index in [0.717, 1.165) is 36.1 Å². The number of hydrogen-bond acceptors (Lipinski definition) is 5. The maximum absolute atomic E-state index is 4.80. The lowest BCUT2D eigenvalue weighted by Crippen LogP contribution is -2.40. The predicted octanol–water partition coefficient (Wildman–Crippen LogP) is 3.79. The van der Waals surface area contributed by atoms with Crippen molar-refractivity contribution in [2.75, 3.05) is 30.0 Å². The maximum Gasteiger partial charge on any atom is 0.136 e. The van der Waals surface area contributed by atoms with Gasteiger partial charge in [-0.05, 0) is 45.8 Å². The largest absolute Gasteiger partial charge is 0.370 e. The normalized spacial score (nSPS) is 20.0. The molecule has 0 spiro atoms. The van der Waals surface area contributed by atoms with Gasteiger partial charge in [-0.3, -0.25) is 0 Å². The minimum Gasteiger partial charge on any atom is -0.370 e. The third-order valence-corrected chi connectivity index (χ3v) is 6.14. The minimum atomic E-state index is 0.426. The van der Waals surface area contributed by atoms with Gasteiger partial charge >= 0.3 is 0 Å². The number of thioether (sulfide) groups is 1. The Hall–Kier alpha value is -0.970. The van der Waals surface area contributed by atoms with Crippen molar-refractivity contribution in [3.63, 3.8) is 0 Å². The van der Waals surface area contributed by atoms with E-state index in [4.69, 9.17) is 9.97 Å². The van der Waals surface area contributed by atoms with E-state index in [2.05, 4.69) is 30.7 Å². The molecule has 1 aromatic heterocycles. The molecule has 2 N–H and O–H groups in total. The van der Waals surface area contributed by atoms with Crippen LogP contribution in [0.2, 0.25) is 0 Å². The Kier molecular flexibility index (Phi) is 4.29. The first-order valence-corrected chi connectivity index (χ1v) is 9.31. The van der Waals surface area contributed by atoms with E-state index >= 15 is 0 Å². The molecule has 0 aliphatic heterocycles. The number of nitrogens with one attached hydrogen (secondary N) is 2. The monoisotopic (exact) mass is 306 g/mol. The Labute approximate surface area is 131 Å². The number of aromatic nitrogens is 2. The zero-order chi connectivity index (χ0) is 14.9. The number of anilines is 2. The first kappa shape index (κ1) is 14.9. The molecule has 2 aliphatic carbocycles. The van der Waals surface area contributed by atoms with Crippen molar-refractivity contribution in [2.24, 2.45) is 0 Å². The molecule has 1 heterocycles. The van der Waals surface area contributed by atoms with Crippen LogP contribution in [-0.4, -0.2) is 34.1 Å². The average molecular weight is 306 g/mol. The zero-order valence-electron chi connectivity index (χ0n) is 13.3. The quantitative estimate of drug-likeness (QED) is 0.802. The van der Waals surface area contributed by atoms with Gasteiger partial charge in [0.05, 0.1) is 0 Å². The van der Waals surface area contributed by atoms with Crippen LogP contribution in [0.1, 0.15) is 56.3 Å². The van der Waals surface area contributed by atoms with Crippen LogP contribution in [0.3, 0.4) is 0 Å². The molecular weight excluding hydrogens is 280 g/mol. The lowest BCUT2D eigenvalue weighted by molar-refractivity contribution is 0.379. The number of hydrogen-bond donors (Lipinski definition) is 2. The smallest absolute Gasteiger partial charge is 0.136 e. The van der Waals surface area contributed by atoms with Gasteiger partial charge in [0, 0.05) is 29.3 Å². The summed E-state index contributed by atoms with van der Waals surface area (Å²) in [5, 5.41) is 7.00. The highest BCUT2D eigenvalue weighted by atomic mass is 32.2. The van der Waals surface area contributed by atoms with Gasteiger partial charge in [-0.1, -0.05) is 6.42 Å². The second kappa shape index (κ2) is 6.03. The summed E-state index contributed by atoms with van der Waals surface area (Å²) in [5.41, 5.74) is 1.15. The van der Waals surface area contributed by atoms with Crippen LogP contribution >= 0.6 is 11.8 Å². The van der Waals surface area contributed by atoms with E-state index in [1.807, 2.05) is 11.8 Å². The van der Waals surface area contributed by atoms with Crippen LogP contribution < -0.4 is 10.6 Å². The van der Waals surface area contributed by atoms with Crippen LogP contribution in [0.25, 0.3) is 0 Å². The SMILES string of the molecule is CCNc1nc(C2CC2)nc(NCC2(SC)CCC2)c1C. The second-order valence-corrected chi connectivity index (χ2v) is 7.58. The Bertz CT molecular complexity index is 504. The molecule has 0 bridgehead atoms. The van der Waals surface area contributed by atoms with Gasteiger partial charge < -0.3 is 10.6 Å². The van der Waals surface area contributed by atoms with E-state index < -0.39 is 0 Å². The molecule has 1 aromatic rings. The number of rotatable bonds is 7. The third-order valence-electron chi connectivity index (χ3n) is 4.73. The fraction of sp³-hybridized carbons (Fsp3) is 0.750. The molecule has 0 saturated heterocycles. The Balaban J connectivity index is 1.79. The maximum atomic E-state index is 4.80. The average Bonchev–Trinajstić information content (AvgIpc) is 3.26. The van der Waals surface area contributed by atoms with Crippen LogP contribution in [0.5, 0.6) is 0 Å². The molecule has 2 aliphatic rings. The molecule has 4 nitrogen and oxygen atoms in total. The standard InChI is InChI=1S/C16H26N4S/c1-4-17-13-11(2)14(20-15(19-13)12-6-7-12)18-10-16(21-3)8-5-9-16/h12H,4-10H2,1-3H3,(H2,17,18,19,20). The molecule has 0 amide bonds. The second-order valence-electron chi connectivity index (χ2n) is 6.30. The van der Waals surface area contributed by atoms with Crippen molar-refractivity contribution >= 4 is 23.4 Å². The molecule has 2 fully saturated rings. The molecule has 3 rings (SSSR count). The van der Waals surface area contributed by atoms with Crippen molar-refractivity contribution in [3.05, 3.63) is 11.4 Å². The molecule has 5 heteroatoms. The van der Waals surface area contributed by atoms with Crippen LogP contribution in [-0.2, 0) is 0 Å². The van der Waals surface area contributed by atoms with E-state index in [-0.39, 0.29) is 0 Å². The summed E-state index contributed by atoms with van der Waals surface area (Å²) >= 11 is 2.00. The predicted molar refractivity (Wildman–Crippen MR) is 91.5 cm³/mol. The van der Waals surface area contributed by atoms with Gasteiger partial charge in [0.15, 0.2) is 0 Å².